The van der Waals surface area contributed by atoms with Crippen LogP contribution in [-0.2, 0) is 6.61 Å². The highest BCUT2D eigenvalue weighted by Crippen LogP contribution is 2.24. The summed E-state index contributed by atoms with van der Waals surface area (Å²) in [7, 11) is 0. The van der Waals surface area contributed by atoms with Gasteiger partial charge in [-0.15, -0.1) is 0 Å². The largest absolute Gasteiger partial charge is 0.493 e. The van der Waals surface area contributed by atoms with Crippen molar-refractivity contribution in [2.24, 2.45) is 0 Å². The molecular formula is C11H14F2O3. The van der Waals surface area contributed by atoms with Crippen molar-refractivity contribution in [1.82, 2.24) is 0 Å². The molecule has 0 spiro atoms. The second kappa shape index (κ2) is 6.27. The van der Waals surface area contributed by atoms with Crippen LogP contribution in [0.2, 0.25) is 0 Å². The molecule has 0 radical (unpaired) electrons. The van der Waals surface area contributed by atoms with Crippen molar-refractivity contribution in [3.63, 3.8) is 0 Å². The van der Waals surface area contributed by atoms with Gasteiger partial charge in [-0.2, -0.15) is 8.78 Å². The van der Waals surface area contributed by atoms with Gasteiger partial charge in [0.05, 0.1) is 13.2 Å². The first-order valence-electron chi connectivity index (χ1n) is 4.98. The number of rotatable bonds is 6. The summed E-state index contributed by atoms with van der Waals surface area (Å²) in [5.74, 6) is 0.414. The lowest BCUT2D eigenvalue weighted by molar-refractivity contribution is -0.0500. The quantitative estimate of drug-likeness (QED) is 0.819. The highest BCUT2D eigenvalue weighted by Gasteiger charge is 2.07. The topological polar surface area (TPSA) is 38.7 Å². The summed E-state index contributed by atoms with van der Waals surface area (Å²) in [6, 6.07) is 4.32. The van der Waals surface area contributed by atoms with E-state index in [2.05, 4.69) is 4.74 Å². The number of halogens is 2. The summed E-state index contributed by atoms with van der Waals surface area (Å²) in [5, 5.41) is 8.95. The number of ether oxygens (including phenoxy) is 2. The zero-order chi connectivity index (χ0) is 12.0. The summed E-state index contributed by atoms with van der Waals surface area (Å²) in [4.78, 5) is 0. The highest BCUT2D eigenvalue weighted by molar-refractivity contribution is 5.38. The molecule has 5 heteroatoms. The van der Waals surface area contributed by atoms with Crippen LogP contribution in [0.4, 0.5) is 8.78 Å². The lowest BCUT2D eigenvalue weighted by Gasteiger charge is -2.10. The molecule has 1 rings (SSSR count). The van der Waals surface area contributed by atoms with Gasteiger partial charge in [0, 0.05) is 6.07 Å². The fourth-order valence-electron chi connectivity index (χ4n) is 1.20. The minimum absolute atomic E-state index is 0.00680. The van der Waals surface area contributed by atoms with Crippen LogP contribution < -0.4 is 9.47 Å². The summed E-state index contributed by atoms with van der Waals surface area (Å²) >= 11 is 0. The van der Waals surface area contributed by atoms with Crippen LogP contribution in [-0.4, -0.2) is 18.3 Å². The second-order valence-electron chi connectivity index (χ2n) is 3.20. The minimum Gasteiger partial charge on any atom is -0.493 e. The Bertz CT molecular complexity index is 329. The molecule has 0 amide bonds. The van der Waals surface area contributed by atoms with E-state index in [4.69, 9.17) is 9.84 Å². The van der Waals surface area contributed by atoms with Crippen LogP contribution >= 0.6 is 0 Å². The van der Waals surface area contributed by atoms with E-state index in [1.54, 1.807) is 6.07 Å². The summed E-state index contributed by atoms with van der Waals surface area (Å²) in [5.41, 5.74) is 0.476. The molecular weight excluding hydrogens is 218 g/mol. The van der Waals surface area contributed by atoms with Gasteiger partial charge < -0.3 is 14.6 Å². The minimum atomic E-state index is -2.88. The standard InChI is InChI=1S/C11H14F2O3/c1-2-3-15-9-4-8(7-14)5-10(6-9)16-11(12)13/h4-6,11,14H,2-3,7H2,1H3. The molecule has 0 aromatic heterocycles. The number of aliphatic hydroxyl groups excluding tert-OH is 1. The maximum absolute atomic E-state index is 12.0. The molecule has 0 fully saturated rings. The molecule has 3 nitrogen and oxygen atoms in total. The van der Waals surface area contributed by atoms with Crippen molar-refractivity contribution >= 4 is 0 Å². The van der Waals surface area contributed by atoms with E-state index >= 15 is 0 Å². The molecule has 0 saturated carbocycles. The van der Waals surface area contributed by atoms with Crippen LogP contribution in [0.3, 0.4) is 0 Å². The highest BCUT2D eigenvalue weighted by atomic mass is 19.3. The van der Waals surface area contributed by atoms with E-state index in [1.165, 1.54) is 12.1 Å². The van der Waals surface area contributed by atoms with Crippen LogP contribution in [0.5, 0.6) is 11.5 Å². The van der Waals surface area contributed by atoms with Crippen molar-refractivity contribution in [2.75, 3.05) is 6.61 Å². The van der Waals surface area contributed by atoms with E-state index < -0.39 is 6.61 Å². The Hall–Kier alpha value is -1.36. The first-order chi connectivity index (χ1) is 7.65. The van der Waals surface area contributed by atoms with E-state index in [-0.39, 0.29) is 12.4 Å². The third-order valence-corrected chi connectivity index (χ3v) is 1.82. The number of aliphatic hydroxyl groups is 1. The third-order valence-electron chi connectivity index (χ3n) is 1.82. The number of hydrogen-bond donors (Lipinski definition) is 1. The van der Waals surface area contributed by atoms with Gasteiger partial charge in [-0.05, 0) is 24.1 Å². The Balaban J connectivity index is 2.82. The maximum atomic E-state index is 12.0. The summed E-state index contributed by atoms with van der Waals surface area (Å²) < 4.78 is 33.6. The monoisotopic (exact) mass is 232 g/mol. The fourth-order valence-corrected chi connectivity index (χ4v) is 1.20. The van der Waals surface area contributed by atoms with Crippen LogP contribution in [0.15, 0.2) is 18.2 Å². The first-order valence-corrected chi connectivity index (χ1v) is 4.98. The summed E-state index contributed by atoms with van der Waals surface area (Å²) in [6.07, 6.45) is 0.814. The average molecular weight is 232 g/mol. The van der Waals surface area contributed by atoms with Gasteiger partial charge in [-0.3, -0.25) is 0 Å². The Labute approximate surface area is 92.6 Å². The molecule has 16 heavy (non-hydrogen) atoms. The Morgan fingerprint density at radius 3 is 2.50 bits per heavy atom. The first kappa shape index (κ1) is 12.7. The molecule has 0 heterocycles. The zero-order valence-corrected chi connectivity index (χ0v) is 8.95. The van der Waals surface area contributed by atoms with Crippen molar-refractivity contribution in [3.8, 4) is 11.5 Å². The van der Waals surface area contributed by atoms with Gasteiger partial charge in [0.25, 0.3) is 0 Å². The second-order valence-corrected chi connectivity index (χ2v) is 3.20. The van der Waals surface area contributed by atoms with E-state index in [1.807, 2.05) is 6.92 Å². The SMILES string of the molecule is CCCOc1cc(CO)cc(OC(F)F)c1. The van der Waals surface area contributed by atoms with E-state index in [0.29, 0.717) is 17.9 Å². The Kier molecular flexibility index (Phi) is 4.98. The summed E-state index contributed by atoms with van der Waals surface area (Å²) in [6.45, 7) is -0.703. The van der Waals surface area contributed by atoms with Crippen molar-refractivity contribution < 1.29 is 23.4 Å². The van der Waals surface area contributed by atoms with Crippen LogP contribution in [0, 0.1) is 0 Å². The van der Waals surface area contributed by atoms with Gasteiger partial charge in [0.2, 0.25) is 0 Å². The van der Waals surface area contributed by atoms with Crippen molar-refractivity contribution in [3.05, 3.63) is 23.8 Å². The third kappa shape index (κ3) is 4.02. The van der Waals surface area contributed by atoms with Crippen molar-refractivity contribution in [2.45, 2.75) is 26.6 Å². The lowest BCUT2D eigenvalue weighted by atomic mass is 10.2. The Morgan fingerprint density at radius 2 is 1.94 bits per heavy atom. The zero-order valence-electron chi connectivity index (χ0n) is 8.95. The number of benzene rings is 1. The van der Waals surface area contributed by atoms with Crippen LogP contribution in [0.25, 0.3) is 0 Å². The molecule has 1 N–H and O–H groups in total. The maximum Gasteiger partial charge on any atom is 0.387 e. The van der Waals surface area contributed by atoms with Crippen molar-refractivity contribution in [1.29, 1.82) is 0 Å². The predicted molar refractivity (Wildman–Crippen MR) is 54.8 cm³/mol. The molecule has 0 aliphatic rings. The average Bonchev–Trinajstić information content (AvgIpc) is 2.25. The van der Waals surface area contributed by atoms with E-state index in [9.17, 15) is 8.78 Å². The smallest absolute Gasteiger partial charge is 0.387 e. The molecule has 0 aliphatic carbocycles. The van der Waals surface area contributed by atoms with Gasteiger partial charge >= 0.3 is 6.61 Å². The van der Waals surface area contributed by atoms with Gasteiger partial charge in [-0.25, -0.2) is 0 Å². The number of alkyl halides is 2. The molecule has 90 valence electrons. The molecule has 0 saturated heterocycles. The molecule has 0 unspecified atom stereocenters. The molecule has 1 aromatic carbocycles. The van der Waals surface area contributed by atoms with Gasteiger partial charge in [0.1, 0.15) is 11.5 Å². The number of hydrogen-bond acceptors (Lipinski definition) is 3. The van der Waals surface area contributed by atoms with Crippen LogP contribution in [0.1, 0.15) is 18.9 Å². The van der Waals surface area contributed by atoms with Gasteiger partial charge in [0.15, 0.2) is 0 Å². The predicted octanol–water partition coefficient (Wildman–Crippen LogP) is 2.57. The molecule has 0 atom stereocenters. The van der Waals surface area contributed by atoms with E-state index in [0.717, 1.165) is 6.42 Å². The Morgan fingerprint density at radius 1 is 1.25 bits per heavy atom. The molecule has 1 aromatic rings. The molecule has 0 bridgehead atoms. The fraction of sp³-hybridized carbons (Fsp3) is 0.455. The molecule has 0 aliphatic heterocycles. The van der Waals surface area contributed by atoms with Gasteiger partial charge in [-0.1, -0.05) is 6.92 Å². The normalized spacial score (nSPS) is 10.6. The lowest BCUT2D eigenvalue weighted by Crippen LogP contribution is -2.03.